The third-order valence-corrected chi connectivity index (χ3v) is 3.28. The predicted molar refractivity (Wildman–Crippen MR) is 81.9 cm³/mol. The second kappa shape index (κ2) is 7.05. The quantitative estimate of drug-likeness (QED) is 0.911. The first-order valence-electron chi connectivity index (χ1n) is 6.22. The molecule has 0 aliphatic carbocycles. The summed E-state index contributed by atoms with van der Waals surface area (Å²) in [6, 6.07) is 11.3. The molecule has 0 aliphatic rings. The number of hydrogen-bond acceptors (Lipinski definition) is 3. The minimum Gasteiger partial charge on any atom is -0.497 e. The van der Waals surface area contributed by atoms with Crippen LogP contribution in [-0.2, 0) is 11.2 Å². The fourth-order valence-corrected chi connectivity index (χ4v) is 2.06. The summed E-state index contributed by atoms with van der Waals surface area (Å²) >= 11 is 3.34. The second-order valence-corrected chi connectivity index (χ2v) is 5.17. The van der Waals surface area contributed by atoms with Crippen LogP contribution in [0.3, 0.4) is 0 Å². The molecule has 0 unspecified atom stereocenters. The molecular weight excluding hydrogens is 320 g/mol. The second-order valence-electron chi connectivity index (χ2n) is 4.26. The standard InChI is InChI=1S/C15H15BrN2O2/c1-20-13-5-2-11(3-6-13)4-7-15(19)18-14-10-12(16)8-9-17-14/h2-3,5-6,8-10H,4,7H2,1H3,(H,17,18,19). The summed E-state index contributed by atoms with van der Waals surface area (Å²) in [5.74, 6) is 1.32. The molecule has 1 aromatic heterocycles. The van der Waals surface area contributed by atoms with Crippen LogP contribution in [0.25, 0.3) is 0 Å². The van der Waals surface area contributed by atoms with E-state index < -0.39 is 0 Å². The number of hydrogen-bond donors (Lipinski definition) is 1. The molecule has 0 atom stereocenters. The molecule has 0 saturated carbocycles. The molecule has 0 bridgehead atoms. The zero-order valence-corrected chi connectivity index (χ0v) is 12.7. The summed E-state index contributed by atoms with van der Waals surface area (Å²) in [7, 11) is 1.63. The van der Waals surface area contributed by atoms with Gasteiger partial charge >= 0.3 is 0 Å². The molecule has 5 heteroatoms. The van der Waals surface area contributed by atoms with Gasteiger partial charge in [-0.3, -0.25) is 4.79 Å². The van der Waals surface area contributed by atoms with Gasteiger partial charge in [0.25, 0.3) is 0 Å². The van der Waals surface area contributed by atoms with Gasteiger partial charge in [0.1, 0.15) is 11.6 Å². The van der Waals surface area contributed by atoms with Crippen LogP contribution >= 0.6 is 15.9 Å². The maximum atomic E-state index is 11.8. The molecule has 2 rings (SSSR count). The zero-order valence-electron chi connectivity index (χ0n) is 11.1. The third-order valence-electron chi connectivity index (χ3n) is 2.79. The number of benzene rings is 1. The van der Waals surface area contributed by atoms with Crippen molar-refractivity contribution in [3.8, 4) is 5.75 Å². The van der Waals surface area contributed by atoms with E-state index in [1.165, 1.54) is 0 Å². The molecule has 4 nitrogen and oxygen atoms in total. The number of aryl methyl sites for hydroxylation is 1. The summed E-state index contributed by atoms with van der Waals surface area (Å²) in [6.07, 6.45) is 2.74. The van der Waals surface area contributed by atoms with Crippen LogP contribution in [-0.4, -0.2) is 18.0 Å². The molecule has 0 aliphatic heterocycles. The highest BCUT2D eigenvalue weighted by atomic mass is 79.9. The molecule has 104 valence electrons. The molecular formula is C15H15BrN2O2. The number of carbonyl (C=O) groups excluding carboxylic acids is 1. The summed E-state index contributed by atoms with van der Waals surface area (Å²) in [6.45, 7) is 0. The number of ether oxygens (including phenoxy) is 1. The van der Waals surface area contributed by atoms with E-state index >= 15 is 0 Å². The van der Waals surface area contributed by atoms with E-state index in [9.17, 15) is 4.79 Å². The number of aromatic nitrogens is 1. The minimum absolute atomic E-state index is 0.0496. The summed E-state index contributed by atoms with van der Waals surface area (Å²) in [5.41, 5.74) is 1.10. The number of anilines is 1. The van der Waals surface area contributed by atoms with E-state index in [-0.39, 0.29) is 5.91 Å². The van der Waals surface area contributed by atoms with Crippen molar-refractivity contribution in [2.45, 2.75) is 12.8 Å². The lowest BCUT2D eigenvalue weighted by Crippen LogP contribution is -2.13. The van der Waals surface area contributed by atoms with Gasteiger partial charge in [0.05, 0.1) is 7.11 Å². The van der Waals surface area contributed by atoms with Gasteiger partial charge < -0.3 is 10.1 Å². The number of amides is 1. The van der Waals surface area contributed by atoms with Crippen molar-refractivity contribution in [3.63, 3.8) is 0 Å². The fourth-order valence-electron chi connectivity index (χ4n) is 1.73. The van der Waals surface area contributed by atoms with Crippen molar-refractivity contribution in [1.29, 1.82) is 0 Å². The lowest BCUT2D eigenvalue weighted by atomic mass is 10.1. The molecule has 1 heterocycles. The number of methoxy groups -OCH3 is 1. The van der Waals surface area contributed by atoms with Crippen LogP contribution in [0, 0.1) is 0 Å². The maximum absolute atomic E-state index is 11.8. The first-order valence-corrected chi connectivity index (χ1v) is 7.01. The first-order chi connectivity index (χ1) is 9.67. The van der Waals surface area contributed by atoms with Gasteiger partial charge in [-0.2, -0.15) is 0 Å². The van der Waals surface area contributed by atoms with Gasteiger partial charge in [0, 0.05) is 17.1 Å². The van der Waals surface area contributed by atoms with Crippen molar-refractivity contribution < 1.29 is 9.53 Å². The van der Waals surface area contributed by atoms with E-state index in [2.05, 4.69) is 26.2 Å². The first kappa shape index (κ1) is 14.5. The monoisotopic (exact) mass is 334 g/mol. The number of carbonyl (C=O) groups is 1. The Balaban J connectivity index is 1.85. The average Bonchev–Trinajstić information content (AvgIpc) is 2.46. The number of pyridine rings is 1. The topological polar surface area (TPSA) is 51.2 Å². The van der Waals surface area contributed by atoms with Gasteiger partial charge in [0.15, 0.2) is 0 Å². The van der Waals surface area contributed by atoms with Gasteiger partial charge in [-0.05, 0) is 36.2 Å². The Morgan fingerprint density at radius 2 is 2.05 bits per heavy atom. The molecule has 0 spiro atoms. The van der Waals surface area contributed by atoms with Crippen molar-refractivity contribution in [1.82, 2.24) is 4.98 Å². The molecule has 1 amide bonds. The van der Waals surface area contributed by atoms with Crippen molar-refractivity contribution in [2.24, 2.45) is 0 Å². The van der Waals surface area contributed by atoms with E-state index in [0.717, 1.165) is 15.8 Å². The van der Waals surface area contributed by atoms with Crippen LogP contribution in [0.2, 0.25) is 0 Å². The Hall–Kier alpha value is -1.88. The highest BCUT2D eigenvalue weighted by Gasteiger charge is 2.04. The van der Waals surface area contributed by atoms with Crippen LogP contribution in [0.1, 0.15) is 12.0 Å². The van der Waals surface area contributed by atoms with E-state index in [4.69, 9.17) is 4.74 Å². The Bertz CT molecular complexity index is 585. The van der Waals surface area contributed by atoms with Crippen molar-refractivity contribution in [3.05, 3.63) is 52.6 Å². The van der Waals surface area contributed by atoms with Crippen molar-refractivity contribution >= 4 is 27.7 Å². The Morgan fingerprint density at radius 3 is 2.70 bits per heavy atom. The van der Waals surface area contributed by atoms with Gasteiger partial charge in [-0.25, -0.2) is 4.98 Å². The molecule has 20 heavy (non-hydrogen) atoms. The summed E-state index contributed by atoms with van der Waals surface area (Å²) in [4.78, 5) is 15.9. The fraction of sp³-hybridized carbons (Fsp3) is 0.200. The van der Waals surface area contributed by atoms with Crippen LogP contribution in [0.5, 0.6) is 5.75 Å². The maximum Gasteiger partial charge on any atom is 0.225 e. The number of rotatable bonds is 5. The average molecular weight is 335 g/mol. The molecule has 2 aromatic rings. The van der Waals surface area contributed by atoms with E-state index in [1.807, 2.05) is 30.3 Å². The van der Waals surface area contributed by atoms with Crippen LogP contribution in [0.15, 0.2) is 47.1 Å². The number of nitrogens with zero attached hydrogens (tertiary/aromatic N) is 1. The lowest BCUT2D eigenvalue weighted by molar-refractivity contribution is -0.116. The van der Waals surface area contributed by atoms with Gasteiger partial charge in [0.2, 0.25) is 5.91 Å². The summed E-state index contributed by atoms with van der Waals surface area (Å²) in [5, 5.41) is 2.77. The number of halogens is 1. The zero-order chi connectivity index (χ0) is 14.4. The van der Waals surface area contributed by atoms with Crippen LogP contribution in [0.4, 0.5) is 5.82 Å². The molecule has 0 saturated heterocycles. The summed E-state index contributed by atoms with van der Waals surface area (Å²) < 4.78 is 5.98. The normalized spacial score (nSPS) is 10.1. The molecule has 1 N–H and O–H groups in total. The van der Waals surface area contributed by atoms with Gasteiger partial charge in [-0.1, -0.05) is 28.1 Å². The Labute approximate surface area is 126 Å². The third kappa shape index (κ3) is 4.35. The minimum atomic E-state index is -0.0496. The lowest BCUT2D eigenvalue weighted by Gasteiger charge is -2.05. The molecule has 0 fully saturated rings. The Morgan fingerprint density at radius 1 is 1.30 bits per heavy atom. The van der Waals surface area contributed by atoms with Crippen LogP contribution < -0.4 is 10.1 Å². The Kier molecular flexibility index (Phi) is 5.12. The van der Waals surface area contributed by atoms with E-state index in [1.54, 1.807) is 19.4 Å². The highest BCUT2D eigenvalue weighted by Crippen LogP contribution is 2.14. The van der Waals surface area contributed by atoms with Gasteiger partial charge in [-0.15, -0.1) is 0 Å². The smallest absolute Gasteiger partial charge is 0.225 e. The molecule has 0 radical (unpaired) electrons. The SMILES string of the molecule is COc1ccc(CCC(=O)Nc2cc(Br)ccn2)cc1. The molecule has 1 aromatic carbocycles. The number of nitrogens with one attached hydrogen (secondary N) is 1. The largest absolute Gasteiger partial charge is 0.497 e. The van der Waals surface area contributed by atoms with Crippen molar-refractivity contribution in [2.75, 3.05) is 12.4 Å². The van der Waals surface area contributed by atoms with E-state index in [0.29, 0.717) is 18.7 Å². The highest BCUT2D eigenvalue weighted by molar-refractivity contribution is 9.10. The predicted octanol–water partition coefficient (Wildman–Crippen LogP) is 3.42.